The van der Waals surface area contributed by atoms with E-state index < -0.39 is 23.7 Å². The van der Waals surface area contributed by atoms with Crippen LogP contribution in [0.5, 0.6) is 0 Å². The topological polar surface area (TPSA) is 52.1 Å². The van der Waals surface area contributed by atoms with Crippen LogP contribution in [0, 0.1) is 0 Å². The van der Waals surface area contributed by atoms with Gasteiger partial charge < -0.3 is 4.74 Å². The minimum Gasteiger partial charge on any atom is -0.463 e. The number of rotatable bonds is 2. The van der Waals surface area contributed by atoms with E-state index in [9.17, 15) is 18.0 Å². The number of benzene rings is 1. The summed E-state index contributed by atoms with van der Waals surface area (Å²) >= 11 is 11.8. The lowest BCUT2D eigenvalue weighted by molar-refractivity contribution is -0.141. The van der Waals surface area contributed by atoms with Crippen LogP contribution in [0.15, 0.2) is 24.3 Å². The van der Waals surface area contributed by atoms with Crippen LogP contribution in [0.2, 0.25) is 10.0 Å². The first-order valence-corrected chi connectivity index (χ1v) is 6.48. The second kappa shape index (κ2) is 6.10. The van der Waals surface area contributed by atoms with Crippen LogP contribution in [0.25, 0.3) is 11.3 Å². The van der Waals surface area contributed by atoms with Gasteiger partial charge in [-0.2, -0.15) is 13.2 Å². The SMILES string of the molecule is COC(=O)c1nc(-c2cc(Cl)ccc2Cl)cc(C(F)(F)F)n1. The first-order valence-electron chi connectivity index (χ1n) is 5.72. The average molecular weight is 351 g/mol. The third kappa shape index (κ3) is 3.48. The van der Waals surface area contributed by atoms with E-state index in [1.807, 2.05) is 0 Å². The Hall–Kier alpha value is -1.86. The van der Waals surface area contributed by atoms with Gasteiger partial charge in [0.05, 0.1) is 17.8 Å². The summed E-state index contributed by atoms with van der Waals surface area (Å²) in [6.45, 7) is 0. The summed E-state index contributed by atoms with van der Waals surface area (Å²) in [5.41, 5.74) is -1.32. The first-order chi connectivity index (χ1) is 10.2. The van der Waals surface area contributed by atoms with Gasteiger partial charge in [-0.1, -0.05) is 23.2 Å². The number of halogens is 5. The molecule has 0 unspecified atom stereocenters. The Morgan fingerprint density at radius 1 is 1.18 bits per heavy atom. The number of methoxy groups -OCH3 is 1. The smallest absolute Gasteiger partial charge is 0.433 e. The molecular formula is C13H7Cl2F3N2O2. The second-order valence-corrected chi connectivity index (χ2v) is 4.92. The van der Waals surface area contributed by atoms with E-state index in [1.165, 1.54) is 18.2 Å². The van der Waals surface area contributed by atoms with Gasteiger partial charge in [-0.05, 0) is 24.3 Å². The summed E-state index contributed by atoms with van der Waals surface area (Å²) < 4.78 is 43.1. The fourth-order valence-corrected chi connectivity index (χ4v) is 1.99. The molecule has 0 atom stereocenters. The molecule has 0 aliphatic carbocycles. The average Bonchev–Trinajstić information content (AvgIpc) is 2.47. The number of esters is 1. The summed E-state index contributed by atoms with van der Waals surface area (Å²) in [6.07, 6.45) is -4.76. The van der Waals surface area contributed by atoms with E-state index in [0.29, 0.717) is 6.07 Å². The van der Waals surface area contributed by atoms with Crippen molar-refractivity contribution < 1.29 is 22.7 Å². The molecule has 0 N–H and O–H groups in total. The van der Waals surface area contributed by atoms with Gasteiger partial charge in [-0.3, -0.25) is 0 Å². The van der Waals surface area contributed by atoms with Crippen LogP contribution < -0.4 is 0 Å². The number of nitrogens with zero attached hydrogens (tertiary/aromatic N) is 2. The van der Waals surface area contributed by atoms with E-state index in [-0.39, 0.29) is 21.3 Å². The third-order valence-corrected chi connectivity index (χ3v) is 3.15. The number of aromatic nitrogens is 2. The molecule has 1 aromatic carbocycles. The molecule has 2 aromatic rings. The summed E-state index contributed by atoms with van der Waals surface area (Å²) in [5.74, 6) is -1.81. The van der Waals surface area contributed by atoms with Gasteiger partial charge in [0, 0.05) is 10.6 Å². The Balaban J connectivity index is 2.69. The van der Waals surface area contributed by atoms with Gasteiger partial charge in [-0.15, -0.1) is 0 Å². The largest absolute Gasteiger partial charge is 0.463 e. The first kappa shape index (κ1) is 16.5. The molecule has 0 saturated heterocycles. The molecule has 0 saturated carbocycles. The van der Waals surface area contributed by atoms with Crippen LogP contribution in [0.3, 0.4) is 0 Å². The highest BCUT2D eigenvalue weighted by Gasteiger charge is 2.34. The van der Waals surface area contributed by atoms with E-state index in [4.69, 9.17) is 23.2 Å². The molecular weight excluding hydrogens is 344 g/mol. The molecule has 1 heterocycles. The Morgan fingerprint density at radius 3 is 2.45 bits per heavy atom. The lowest BCUT2D eigenvalue weighted by atomic mass is 10.1. The minimum atomic E-state index is -4.76. The normalized spacial score (nSPS) is 11.4. The highest BCUT2D eigenvalue weighted by atomic mass is 35.5. The molecule has 22 heavy (non-hydrogen) atoms. The van der Waals surface area contributed by atoms with E-state index >= 15 is 0 Å². The van der Waals surface area contributed by atoms with E-state index in [0.717, 1.165) is 7.11 Å². The van der Waals surface area contributed by atoms with E-state index in [1.54, 1.807) is 0 Å². The van der Waals surface area contributed by atoms with Gasteiger partial charge in [0.1, 0.15) is 5.69 Å². The van der Waals surface area contributed by atoms with Gasteiger partial charge in [0.2, 0.25) is 5.82 Å². The molecule has 0 aliphatic rings. The molecule has 0 bridgehead atoms. The highest BCUT2D eigenvalue weighted by Crippen LogP contribution is 2.33. The zero-order valence-corrected chi connectivity index (χ0v) is 12.4. The number of alkyl halides is 3. The van der Waals surface area contributed by atoms with Crippen molar-refractivity contribution >= 4 is 29.2 Å². The lowest BCUT2D eigenvalue weighted by Crippen LogP contribution is -2.15. The molecule has 0 fully saturated rings. The Labute approximate surface area is 132 Å². The summed E-state index contributed by atoms with van der Waals surface area (Å²) in [5, 5.41) is 0.387. The third-order valence-electron chi connectivity index (χ3n) is 2.59. The maximum atomic E-state index is 12.9. The fourth-order valence-electron chi connectivity index (χ4n) is 1.61. The molecule has 2 rings (SSSR count). The van der Waals surface area contributed by atoms with Crippen molar-refractivity contribution in [3.05, 3.63) is 45.8 Å². The standard InChI is InChI=1S/C13H7Cl2F3N2O2/c1-22-12(21)11-19-9(5-10(20-11)13(16,17)18)7-4-6(14)2-3-8(7)15/h2-5H,1H3. The summed E-state index contributed by atoms with van der Waals surface area (Å²) in [6, 6.07) is 4.91. The van der Waals surface area contributed by atoms with Crippen molar-refractivity contribution in [1.82, 2.24) is 9.97 Å². The van der Waals surface area contributed by atoms with Crippen molar-refractivity contribution in [1.29, 1.82) is 0 Å². The zero-order chi connectivity index (χ0) is 16.5. The predicted octanol–water partition coefficient (Wildman–Crippen LogP) is 4.26. The van der Waals surface area contributed by atoms with Crippen molar-refractivity contribution in [2.24, 2.45) is 0 Å². The maximum Gasteiger partial charge on any atom is 0.433 e. The minimum absolute atomic E-state index is 0.132. The second-order valence-electron chi connectivity index (χ2n) is 4.08. The van der Waals surface area contributed by atoms with Crippen molar-refractivity contribution in [2.75, 3.05) is 7.11 Å². The van der Waals surface area contributed by atoms with Gasteiger partial charge in [-0.25, -0.2) is 14.8 Å². The van der Waals surface area contributed by atoms with Crippen LogP contribution in [-0.4, -0.2) is 23.0 Å². The number of carbonyl (C=O) groups is 1. The van der Waals surface area contributed by atoms with Crippen LogP contribution in [0.1, 0.15) is 16.3 Å². The zero-order valence-electron chi connectivity index (χ0n) is 10.9. The van der Waals surface area contributed by atoms with Gasteiger partial charge >= 0.3 is 12.1 Å². The molecule has 9 heteroatoms. The van der Waals surface area contributed by atoms with Crippen LogP contribution in [-0.2, 0) is 10.9 Å². The van der Waals surface area contributed by atoms with Crippen molar-refractivity contribution in [2.45, 2.75) is 6.18 Å². The fraction of sp³-hybridized carbons (Fsp3) is 0.154. The maximum absolute atomic E-state index is 12.9. The molecule has 0 amide bonds. The quantitative estimate of drug-likeness (QED) is 0.759. The molecule has 1 aromatic heterocycles. The summed E-state index contributed by atoms with van der Waals surface area (Å²) in [7, 11) is 1.01. The number of carbonyl (C=O) groups excluding carboxylic acids is 1. The molecule has 116 valence electrons. The Morgan fingerprint density at radius 2 is 1.86 bits per heavy atom. The molecule has 0 aliphatic heterocycles. The number of ether oxygens (including phenoxy) is 1. The van der Waals surface area contributed by atoms with Crippen molar-refractivity contribution in [3.63, 3.8) is 0 Å². The Bertz CT molecular complexity index is 736. The Kier molecular flexibility index (Phi) is 4.58. The van der Waals surface area contributed by atoms with E-state index in [2.05, 4.69) is 14.7 Å². The van der Waals surface area contributed by atoms with Crippen LogP contribution in [0.4, 0.5) is 13.2 Å². The highest BCUT2D eigenvalue weighted by molar-refractivity contribution is 6.35. The monoisotopic (exact) mass is 350 g/mol. The molecule has 4 nitrogen and oxygen atoms in total. The molecule has 0 radical (unpaired) electrons. The lowest BCUT2D eigenvalue weighted by Gasteiger charge is -2.11. The number of hydrogen-bond donors (Lipinski definition) is 0. The van der Waals surface area contributed by atoms with Gasteiger partial charge in [0.15, 0.2) is 0 Å². The molecule has 0 spiro atoms. The van der Waals surface area contributed by atoms with Crippen molar-refractivity contribution in [3.8, 4) is 11.3 Å². The number of hydrogen-bond acceptors (Lipinski definition) is 4. The predicted molar refractivity (Wildman–Crippen MR) is 73.8 cm³/mol. The van der Waals surface area contributed by atoms with Crippen LogP contribution >= 0.6 is 23.2 Å². The summed E-state index contributed by atoms with van der Waals surface area (Å²) in [4.78, 5) is 18.4. The van der Waals surface area contributed by atoms with Gasteiger partial charge in [0.25, 0.3) is 0 Å².